The van der Waals surface area contributed by atoms with Gasteiger partial charge < -0.3 is 19.5 Å². The lowest BCUT2D eigenvalue weighted by atomic mass is 10.2. The molecule has 0 aliphatic carbocycles. The number of halogens is 2. The van der Waals surface area contributed by atoms with Crippen molar-refractivity contribution in [3.63, 3.8) is 0 Å². The maximum absolute atomic E-state index is 5.87. The van der Waals surface area contributed by atoms with Crippen LogP contribution in [0.2, 0.25) is 10.3 Å². The number of ether oxygens (including phenoxy) is 3. The van der Waals surface area contributed by atoms with E-state index in [1.807, 2.05) is 18.2 Å². The van der Waals surface area contributed by atoms with E-state index in [0.717, 1.165) is 17.1 Å². The number of methoxy groups -OCH3 is 2. The second-order valence-electron chi connectivity index (χ2n) is 4.53. The van der Waals surface area contributed by atoms with Crippen molar-refractivity contribution >= 4 is 23.2 Å². The van der Waals surface area contributed by atoms with Gasteiger partial charge in [-0.3, -0.25) is 0 Å². The molecule has 0 spiro atoms. The highest BCUT2D eigenvalue weighted by molar-refractivity contribution is 6.32. The summed E-state index contributed by atoms with van der Waals surface area (Å²) in [5.74, 6) is 1.94. The summed E-state index contributed by atoms with van der Waals surface area (Å²) in [7, 11) is 3.25. The molecule has 8 heteroatoms. The van der Waals surface area contributed by atoms with Crippen LogP contribution in [-0.4, -0.2) is 37.6 Å². The number of benzene rings is 1. The number of hydrogen-bond acceptors (Lipinski definition) is 6. The molecular weight excluding hydrogens is 341 g/mol. The highest BCUT2D eigenvalue weighted by atomic mass is 35.5. The van der Waals surface area contributed by atoms with Crippen molar-refractivity contribution in [1.29, 1.82) is 0 Å². The Morgan fingerprint density at radius 3 is 2.61 bits per heavy atom. The van der Waals surface area contributed by atoms with Crippen LogP contribution in [0.3, 0.4) is 0 Å². The first-order chi connectivity index (χ1) is 11.1. The minimum Gasteiger partial charge on any atom is -0.497 e. The van der Waals surface area contributed by atoms with E-state index in [1.165, 1.54) is 6.07 Å². The van der Waals surface area contributed by atoms with Gasteiger partial charge >= 0.3 is 0 Å². The molecule has 0 atom stereocenters. The van der Waals surface area contributed by atoms with E-state index in [9.17, 15) is 0 Å². The Labute approximate surface area is 144 Å². The van der Waals surface area contributed by atoms with Gasteiger partial charge in [0.1, 0.15) is 18.1 Å². The molecule has 0 radical (unpaired) electrons. The number of nitrogens with zero attached hydrogens (tertiary/aromatic N) is 2. The van der Waals surface area contributed by atoms with E-state index < -0.39 is 0 Å². The van der Waals surface area contributed by atoms with Crippen molar-refractivity contribution in [1.82, 2.24) is 15.5 Å². The van der Waals surface area contributed by atoms with Crippen LogP contribution in [0.15, 0.2) is 24.3 Å². The molecule has 0 aliphatic heterocycles. The predicted molar refractivity (Wildman–Crippen MR) is 88.8 cm³/mol. The number of aromatic nitrogens is 2. The van der Waals surface area contributed by atoms with Crippen molar-refractivity contribution in [3.05, 3.63) is 40.1 Å². The molecule has 1 N–H and O–H groups in total. The van der Waals surface area contributed by atoms with Gasteiger partial charge in [-0.05, 0) is 6.07 Å². The van der Waals surface area contributed by atoms with E-state index in [-0.39, 0.29) is 10.3 Å². The molecule has 6 nitrogen and oxygen atoms in total. The Morgan fingerprint density at radius 2 is 1.87 bits per heavy atom. The van der Waals surface area contributed by atoms with Crippen molar-refractivity contribution in [2.45, 2.75) is 6.54 Å². The topological polar surface area (TPSA) is 65.5 Å². The van der Waals surface area contributed by atoms with Crippen molar-refractivity contribution < 1.29 is 14.2 Å². The lowest BCUT2D eigenvalue weighted by Crippen LogP contribution is -2.21. The predicted octanol–water partition coefficient (Wildman–Crippen LogP) is 2.97. The van der Waals surface area contributed by atoms with Crippen LogP contribution >= 0.6 is 23.2 Å². The van der Waals surface area contributed by atoms with Crippen molar-refractivity contribution in [3.8, 4) is 17.2 Å². The van der Waals surface area contributed by atoms with E-state index in [0.29, 0.717) is 25.4 Å². The zero-order valence-electron chi connectivity index (χ0n) is 12.8. The summed E-state index contributed by atoms with van der Waals surface area (Å²) < 4.78 is 16.0. The van der Waals surface area contributed by atoms with Gasteiger partial charge in [0.2, 0.25) is 0 Å². The SMILES string of the molecule is COc1ccc(CNCCOc2cc(Cl)nnc2Cl)c(OC)c1. The van der Waals surface area contributed by atoms with Gasteiger partial charge in [-0.25, -0.2) is 0 Å². The van der Waals surface area contributed by atoms with Gasteiger partial charge in [0.25, 0.3) is 0 Å². The Kier molecular flexibility index (Phi) is 6.70. The van der Waals surface area contributed by atoms with Gasteiger partial charge in [-0.1, -0.05) is 29.3 Å². The third kappa shape index (κ3) is 5.13. The smallest absolute Gasteiger partial charge is 0.193 e. The molecule has 0 saturated carbocycles. The fourth-order valence-electron chi connectivity index (χ4n) is 1.89. The highest BCUT2D eigenvalue weighted by Gasteiger charge is 2.06. The number of nitrogens with one attached hydrogen (secondary N) is 1. The van der Waals surface area contributed by atoms with E-state index >= 15 is 0 Å². The average Bonchev–Trinajstić information content (AvgIpc) is 2.57. The first-order valence-electron chi connectivity index (χ1n) is 6.87. The number of rotatable bonds is 8. The first kappa shape index (κ1) is 17.6. The normalized spacial score (nSPS) is 10.4. The fraction of sp³-hybridized carbons (Fsp3) is 0.333. The zero-order valence-corrected chi connectivity index (χ0v) is 14.3. The second kappa shape index (κ2) is 8.76. The molecular formula is C15H17Cl2N3O3. The minimum absolute atomic E-state index is 0.186. The molecule has 1 aromatic heterocycles. The van der Waals surface area contributed by atoms with Crippen molar-refractivity contribution in [2.24, 2.45) is 0 Å². The summed E-state index contributed by atoms with van der Waals surface area (Å²) in [6.45, 7) is 1.67. The molecule has 1 aromatic carbocycles. The molecule has 124 valence electrons. The molecule has 0 saturated heterocycles. The standard InChI is InChI=1S/C15H17Cl2N3O3/c1-21-11-4-3-10(12(7-11)22-2)9-18-5-6-23-13-8-14(16)19-20-15(13)17/h3-4,7-8,18H,5-6,9H2,1-2H3. The molecule has 1 heterocycles. The molecule has 0 fully saturated rings. The summed E-state index contributed by atoms with van der Waals surface area (Å²) in [5.41, 5.74) is 1.03. The Bertz CT molecular complexity index is 656. The maximum Gasteiger partial charge on any atom is 0.193 e. The molecule has 0 amide bonds. The van der Waals surface area contributed by atoms with Gasteiger partial charge in [-0.2, -0.15) is 0 Å². The fourth-order valence-corrected chi connectivity index (χ4v) is 2.18. The van der Waals surface area contributed by atoms with Crippen LogP contribution in [0.4, 0.5) is 0 Å². The van der Waals surface area contributed by atoms with Crippen LogP contribution < -0.4 is 19.5 Å². The molecule has 2 aromatic rings. The van der Waals surface area contributed by atoms with E-state index in [4.69, 9.17) is 37.4 Å². The third-order valence-corrected chi connectivity index (χ3v) is 3.48. The molecule has 2 rings (SSSR count). The summed E-state index contributed by atoms with van der Waals surface area (Å²) in [4.78, 5) is 0. The van der Waals surface area contributed by atoms with Crippen LogP contribution in [0.5, 0.6) is 17.2 Å². The van der Waals surface area contributed by atoms with Crippen LogP contribution in [0.1, 0.15) is 5.56 Å². The van der Waals surface area contributed by atoms with E-state index in [1.54, 1.807) is 14.2 Å². The quantitative estimate of drug-likeness (QED) is 0.732. The summed E-state index contributed by atoms with van der Waals surface area (Å²) in [6, 6.07) is 7.22. The largest absolute Gasteiger partial charge is 0.497 e. The van der Waals surface area contributed by atoms with Crippen LogP contribution in [-0.2, 0) is 6.54 Å². The molecule has 23 heavy (non-hydrogen) atoms. The van der Waals surface area contributed by atoms with Crippen LogP contribution in [0.25, 0.3) is 0 Å². The Hall–Kier alpha value is -1.76. The lowest BCUT2D eigenvalue weighted by molar-refractivity contribution is 0.311. The van der Waals surface area contributed by atoms with Crippen molar-refractivity contribution in [2.75, 3.05) is 27.4 Å². The van der Waals surface area contributed by atoms with E-state index in [2.05, 4.69) is 15.5 Å². The summed E-state index contributed by atoms with van der Waals surface area (Å²) in [6.07, 6.45) is 0. The minimum atomic E-state index is 0.186. The lowest BCUT2D eigenvalue weighted by Gasteiger charge is -2.12. The Morgan fingerprint density at radius 1 is 1.04 bits per heavy atom. The second-order valence-corrected chi connectivity index (χ2v) is 5.27. The van der Waals surface area contributed by atoms with Gasteiger partial charge in [0, 0.05) is 30.8 Å². The first-order valence-corrected chi connectivity index (χ1v) is 7.62. The molecule has 0 unspecified atom stereocenters. The summed E-state index contributed by atoms with van der Waals surface area (Å²) in [5, 5.41) is 11.0. The molecule has 0 bridgehead atoms. The highest BCUT2D eigenvalue weighted by Crippen LogP contribution is 2.25. The van der Waals surface area contributed by atoms with Gasteiger partial charge in [-0.15, -0.1) is 10.2 Å². The summed E-state index contributed by atoms with van der Waals surface area (Å²) >= 11 is 11.6. The third-order valence-electron chi connectivity index (χ3n) is 3.03. The average molecular weight is 358 g/mol. The van der Waals surface area contributed by atoms with Crippen LogP contribution in [0, 0.1) is 0 Å². The monoisotopic (exact) mass is 357 g/mol. The number of hydrogen-bond donors (Lipinski definition) is 1. The maximum atomic E-state index is 5.87. The zero-order chi connectivity index (χ0) is 16.7. The van der Waals surface area contributed by atoms with Gasteiger partial charge in [0.05, 0.1) is 14.2 Å². The Balaban J connectivity index is 1.80. The van der Waals surface area contributed by atoms with Gasteiger partial charge in [0.15, 0.2) is 16.1 Å². The molecule has 0 aliphatic rings.